The Kier molecular flexibility index (Phi) is 7.01. The third-order valence-electron chi connectivity index (χ3n) is 4.72. The molecule has 0 amide bonds. The van der Waals surface area contributed by atoms with Crippen LogP contribution in [0.2, 0.25) is 0 Å². The van der Waals surface area contributed by atoms with Crippen molar-refractivity contribution in [3.05, 3.63) is 70.0 Å². The zero-order valence-corrected chi connectivity index (χ0v) is 19.8. The van der Waals surface area contributed by atoms with Gasteiger partial charge in [-0.2, -0.15) is 13.2 Å². The third-order valence-corrected chi connectivity index (χ3v) is 7.25. The third kappa shape index (κ3) is 5.33. The highest BCUT2D eigenvalue weighted by Gasteiger charge is 2.33. The monoisotopic (exact) mass is 531 g/mol. The zero-order valence-electron chi connectivity index (χ0n) is 17.4. The molecule has 1 atom stereocenters. The molecule has 0 radical (unpaired) electrons. The van der Waals surface area contributed by atoms with Gasteiger partial charge in [0.2, 0.25) is 10.0 Å². The Balaban J connectivity index is 1.87. The van der Waals surface area contributed by atoms with Crippen LogP contribution in [0.15, 0.2) is 58.0 Å². The van der Waals surface area contributed by atoms with Crippen molar-refractivity contribution in [3.63, 3.8) is 0 Å². The average molecular weight is 532 g/mol. The molecule has 2 aromatic carbocycles. The summed E-state index contributed by atoms with van der Waals surface area (Å²) in [5.74, 6) is 0.573. The van der Waals surface area contributed by atoms with E-state index < -0.39 is 32.7 Å². The predicted octanol–water partition coefficient (Wildman–Crippen LogP) is 5.82. The van der Waals surface area contributed by atoms with Crippen LogP contribution in [0, 0.1) is 6.92 Å². The van der Waals surface area contributed by atoms with Crippen molar-refractivity contribution >= 4 is 26.0 Å². The highest BCUT2D eigenvalue weighted by molar-refractivity contribution is 9.10. The second-order valence-electron chi connectivity index (χ2n) is 7.11. The maximum atomic E-state index is 13.1. The zero-order chi connectivity index (χ0) is 23.7. The van der Waals surface area contributed by atoms with Crippen molar-refractivity contribution in [2.24, 2.45) is 0 Å². The molecule has 0 aliphatic rings. The number of rotatable bonds is 7. The molecule has 0 saturated heterocycles. The molecule has 1 unspecified atom stereocenters. The van der Waals surface area contributed by atoms with Crippen LogP contribution in [0.25, 0.3) is 0 Å². The molecule has 0 aliphatic carbocycles. The Bertz CT molecular complexity index is 1210. The van der Waals surface area contributed by atoms with E-state index in [2.05, 4.69) is 25.6 Å². The number of ether oxygens (including phenoxy) is 1. The minimum Gasteiger partial charge on any atom is -0.426 e. The number of nitrogens with zero attached hydrogens (tertiary/aromatic N) is 2. The van der Waals surface area contributed by atoms with E-state index in [1.807, 2.05) is 26.0 Å². The molecule has 0 spiro atoms. The van der Waals surface area contributed by atoms with Crippen LogP contribution >= 0.6 is 15.9 Å². The molecule has 11 heteroatoms. The number of hydrogen-bond donors (Lipinski definition) is 1. The number of halogens is 4. The van der Waals surface area contributed by atoms with Crippen LogP contribution in [-0.2, 0) is 22.7 Å². The second-order valence-corrected chi connectivity index (χ2v) is 9.65. The van der Waals surface area contributed by atoms with Crippen molar-refractivity contribution in [2.45, 2.75) is 44.4 Å². The summed E-state index contributed by atoms with van der Waals surface area (Å²) in [7, 11) is -4.28. The number of imidazole rings is 1. The lowest BCUT2D eigenvalue weighted by molar-refractivity contribution is -0.137. The Morgan fingerprint density at radius 2 is 1.84 bits per heavy atom. The predicted molar refractivity (Wildman–Crippen MR) is 117 cm³/mol. The Hall–Kier alpha value is -2.37. The van der Waals surface area contributed by atoms with E-state index in [9.17, 15) is 21.6 Å². The molecular weight excluding hydrogens is 511 g/mol. The lowest BCUT2D eigenvalue weighted by atomic mass is 10.2. The van der Waals surface area contributed by atoms with Crippen LogP contribution in [-0.4, -0.2) is 18.0 Å². The number of sulfonamides is 1. The first-order valence-electron chi connectivity index (χ1n) is 9.61. The van der Waals surface area contributed by atoms with E-state index in [0.717, 1.165) is 17.7 Å². The highest BCUT2D eigenvalue weighted by atomic mass is 79.9. The normalized spacial score (nSPS) is 13.2. The van der Waals surface area contributed by atoms with E-state index in [-0.39, 0.29) is 10.5 Å². The first kappa shape index (κ1) is 24.3. The number of aryl methyl sites for hydroxylation is 1. The molecule has 172 valence electrons. The van der Waals surface area contributed by atoms with Gasteiger partial charge in [-0.15, -0.1) is 0 Å². The van der Waals surface area contributed by atoms with Crippen molar-refractivity contribution < 1.29 is 26.3 Å². The standard InChI is InChI=1S/C21H21BrF3N3O3S/c1-4-28-18(12-26-20(28)31-16-8-5-13(2)6-9-16)14(3)27-32(29,30)19-11-15(21(23,24)25)7-10-17(19)22/h5-12,14,27H,4H2,1-3H3. The van der Waals surface area contributed by atoms with Crippen LogP contribution < -0.4 is 9.46 Å². The molecule has 1 N–H and O–H groups in total. The lowest BCUT2D eigenvalue weighted by Gasteiger charge is -2.18. The van der Waals surface area contributed by atoms with E-state index in [4.69, 9.17) is 4.74 Å². The summed E-state index contributed by atoms with van der Waals surface area (Å²) in [5, 5.41) is 0. The molecule has 0 saturated carbocycles. The Morgan fingerprint density at radius 1 is 1.19 bits per heavy atom. The fourth-order valence-electron chi connectivity index (χ4n) is 3.07. The second kappa shape index (κ2) is 9.24. The SMILES string of the molecule is CCn1c(C(C)NS(=O)(=O)c2cc(C(F)(F)F)ccc2Br)cnc1Oc1ccc(C)cc1. The van der Waals surface area contributed by atoms with E-state index in [1.165, 1.54) is 6.20 Å². The van der Waals surface area contributed by atoms with Crippen LogP contribution in [0.5, 0.6) is 11.8 Å². The Labute approximate surface area is 192 Å². The molecule has 1 aromatic heterocycles. The van der Waals surface area contributed by atoms with Gasteiger partial charge in [-0.05, 0) is 67.0 Å². The van der Waals surface area contributed by atoms with Crippen LogP contribution in [0.1, 0.15) is 36.7 Å². The average Bonchev–Trinajstić information content (AvgIpc) is 3.11. The van der Waals surface area contributed by atoms with Gasteiger partial charge in [0.25, 0.3) is 0 Å². The van der Waals surface area contributed by atoms with Crippen molar-refractivity contribution in [1.82, 2.24) is 14.3 Å². The quantitative estimate of drug-likeness (QED) is 0.416. The van der Waals surface area contributed by atoms with E-state index >= 15 is 0 Å². The number of alkyl halides is 3. The van der Waals surface area contributed by atoms with Gasteiger partial charge < -0.3 is 4.74 Å². The summed E-state index contributed by atoms with van der Waals surface area (Å²) < 4.78 is 74.9. The van der Waals surface area contributed by atoms with E-state index in [0.29, 0.717) is 24.1 Å². The Morgan fingerprint density at radius 3 is 2.44 bits per heavy atom. The highest BCUT2D eigenvalue weighted by Crippen LogP contribution is 2.34. The number of hydrogen-bond acceptors (Lipinski definition) is 4. The summed E-state index contributed by atoms with van der Waals surface area (Å²) in [4.78, 5) is 3.74. The van der Waals surface area contributed by atoms with Crippen LogP contribution in [0.4, 0.5) is 13.2 Å². The summed E-state index contributed by atoms with van der Waals surface area (Å²) >= 11 is 3.03. The van der Waals surface area contributed by atoms with Gasteiger partial charge in [-0.25, -0.2) is 18.1 Å². The molecule has 3 aromatic rings. The fraction of sp³-hybridized carbons (Fsp3) is 0.286. The fourth-order valence-corrected chi connectivity index (χ4v) is 5.28. The van der Waals surface area contributed by atoms with Gasteiger partial charge in [0.05, 0.1) is 28.4 Å². The van der Waals surface area contributed by atoms with Gasteiger partial charge in [-0.1, -0.05) is 17.7 Å². The molecular formula is C21H21BrF3N3O3S. The van der Waals surface area contributed by atoms with Gasteiger partial charge in [0.1, 0.15) is 5.75 Å². The topological polar surface area (TPSA) is 73.2 Å². The van der Waals surface area contributed by atoms with Gasteiger partial charge in [0.15, 0.2) is 0 Å². The first-order valence-corrected chi connectivity index (χ1v) is 11.9. The molecule has 6 nitrogen and oxygen atoms in total. The number of aromatic nitrogens is 2. The first-order chi connectivity index (χ1) is 14.9. The minimum absolute atomic E-state index is 0.0255. The molecule has 3 rings (SSSR count). The summed E-state index contributed by atoms with van der Waals surface area (Å²) in [5.41, 5.74) is 0.517. The van der Waals surface area contributed by atoms with Gasteiger partial charge in [-0.3, -0.25) is 4.57 Å². The minimum atomic E-state index is -4.67. The summed E-state index contributed by atoms with van der Waals surface area (Å²) in [6, 6.07) is 9.32. The van der Waals surface area contributed by atoms with E-state index in [1.54, 1.807) is 23.6 Å². The summed E-state index contributed by atoms with van der Waals surface area (Å²) in [6.07, 6.45) is -3.19. The molecule has 0 aliphatic heterocycles. The summed E-state index contributed by atoms with van der Waals surface area (Å²) in [6.45, 7) is 5.82. The maximum Gasteiger partial charge on any atom is 0.416 e. The molecule has 0 bridgehead atoms. The lowest BCUT2D eigenvalue weighted by Crippen LogP contribution is -2.29. The number of benzene rings is 2. The van der Waals surface area contributed by atoms with Gasteiger partial charge >= 0.3 is 12.2 Å². The number of nitrogens with one attached hydrogen (secondary N) is 1. The maximum absolute atomic E-state index is 13.1. The van der Waals surface area contributed by atoms with Crippen molar-refractivity contribution in [1.29, 1.82) is 0 Å². The largest absolute Gasteiger partial charge is 0.426 e. The van der Waals surface area contributed by atoms with Gasteiger partial charge in [0, 0.05) is 11.0 Å². The van der Waals surface area contributed by atoms with Crippen LogP contribution in [0.3, 0.4) is 0 Å². The smallest absolute Gasteiger partial charge is 0.416 e. The molecule has 0 fully saturated rings. The molecule has 1 heterocycles. The van der Waals surface area contributed by atoms with Crippen molar-refractivity contribution in [2.75, 3.05) is 0 Å². The molecule has 32 heavy (non-hydrogen) atoms. The van der Waals surface area contributed by atoms with Crippen molar-refractivity contribution in [3.8, 4) is 11.8 Å².